The zero-order valence-electron chi connectivity index (χ0n) is 17.1. The summed E-state index contributed by atoms with van der Waals surface area (Å²) in [6.45, 7) is 3.49. The third-order valence-electron chi connectivity index (χ3n) is 4.63. The Hall–Kier alpha value is -2.38. The second-order valence-corrected chi connectivity index (χ2v) is 10.0. The first kappa shape index (κ1) is 23.3. The summed E-state index contributed by atoms with van der Waals surface area (Å²) < 4.78 is 27.8. The zero-order chi connectivity index (χ0) is 22.6. The quantitative estimate of drug-likeness (QED) is 0.493. The van der Waals surface area contributed by atoms with Crippen molar-refractivity contribution in [1.29, 1.82) is 0 Å². The normalized spacial score (nSPS) is 11.5. The minimum Gasteiger partial charge on any atom is -0.324 e. The summed E-state index contributed by atoms with van der Waals surface area (Å²) in [5, 5.41) is 3.37. The number of hydrogen-bond donors (Lipinski definition) is 1. The number of hydrogen-bond acceptors (Lipinski definition) is 3. The van der Waals surface area contributed by atoms with Crippen LogP contribution in [0.15, 0.2) is 71.6 Å². The van der Waals surface area contributed by atoms with E-state index in [1.807, 2.05) is 38.1 Å². The summed E-state index contributed by atoms with van der Waals surface area (Å²) in [7, 11) is -3.91. The van der Waals surface area contributed by atoms with Crippen LogP contribution in [0.25, 0.3) is 0 Å². The van der Waals surface area contributed by atoms with Crippen LogP contribution >= 0.6 is 23.2 Å². The van der Waals surface area contributed by atoms with Crippen LogP contribution in [0.1, 0.15) is 16.7 Å². The lowest BCUT2D eigenvalue weighted by Gasteiger charge is -2.22. The van der Waals surface area contributed by atoms with Gasteiger partial charge in [0.05, 0.1) is 22.2 Å². The van der Waals surface area contributed by atoms with Crippen LogP contribution < -0.4 is 5.32 Å². The maximum atomic E-state index is 13.3. The fourth-order valence-electron chi connectivity index (χ4n) is 3.04. The topological polar surface area (TPSA) is 66.5 Å². The number of carbonyl (C=O) groups excluding carboxylic acids is 1. The molecule has 0 aliphatic heterocycles. The fourth-order valence-corrected chi connectivity index (χ4v) is 4.88. The molecule has 0 unspecified atom stereocenters. The van der Waals surface area contributed by atoms with E-state index in [4.69, 9.17) is 23.2 Å². The number of carbonyl (C=O) groups is 1. The van der Waals surface area contributed by atoms with Gasteiger partial charge >= 0.3 is 0 Å². The van der Waals surface area contributed by atoms with Gasteiger partial charge in [-0.3, -0.25) is 4.79 Å². The van der Waals surface area contributed by atoms with Crippen molar-refractivity contribution in [1.82, 2.24) is 4.31 Å². The minimum absolute atomic E-state index is 0.0552. The van der Waals surface area contributed by atoms with E-state index in [0.717, 1.165) is 21.0 Å². The van der Waals surface area contributed by atoms with Gasteiger partial charge in [-0.2, -0.15) is 4.31 Å². The monoisotopic (exact) mass is 476 g/mol. The molecule has 0 aromatic heterocycles. The highest BCUT2D eigenvalue weighted by molar-refractivity contribution is 7.89. The minimum atomic E-state index is -3.91. The molecule has 1 amide bonds. The van der Waals surface area contributed by atoms with Gasteiger partial charge in [0.25, 0.3) is 0 Å². The fraction of sp³-hybridized carbons (Fsp3) is 0.174. The number of nitrogens with one attached hydrogen (secondary N) is 1. The Morgan fingerprint density at radius 3 is 2.29 bits per heavy atom. The van der Waals surface area contributed by atoms with Crippen LogP contribution in [0.2, 0.25) is 10.0 Å². The van der Waals surface area contributed by atoms with Crippen molar-refractivity contribution in [3.63, 3.8) is 0 Å². The molecule has 0 aliphatic carbocycles. The highest BCUT2D eigenvalue weighted by Gasteiger charge is 2.27. The number of aryl methyl sites for hydroxylation is 2. The molecule has 3 rings (SSSR count). The number of nitrogens with zero attached hydrogens (tertiary/aromatic N) is 1. The third kappa shape index (κ3) is 6.08. The molecule has 0 saturated carbocycles. The number of sulfonamides is 1. The molecule has 0 atom stereocenters. The Morgan fingerprint density at radius 2 is 1.65 bits per heavy atom. The predicted octanol–water partition coefficient (Wildman–Crippen LogP) is 5.44. The summed E-state index contributed by atoms with van der Waals surface area (Å²) in [5.74, 6) is -0.507. The molecule has 0 fully saturated rings. The van der Waals surface area contributed by atoms with Crippen molar-refractivity contribution in [2.45, 2.75) is 25.3 Å². The second-order valence-electron chi connectivity index (χ2n) is 7.25. The van der Waals surface area contributed by atoms with Gasteiger partial charge in [0.2, 0.25) is 15.9 Å². The molecule has 3 aromatic carbocycles. The number of halogens is 2. The van der Waals surface area contributed by atoms with E-state index in [2.05, 4.69) is 5.32 Å². The van der Waals surface area contributed by atoms with E-state index in [-0.39, 0.29) is 23.0 Å². The van der Waals surface area contributed by atoms with Crippen LogP contribution in [0.5, 0.6) is 0 Å². The summed E-state index contributed by atoms with van der Waals surface area (Å²) in [6.07, 6.45) is 0. The van der Waals surface area contributed by atoms with Gasteiger partial charge < -0.3 is 5.32 Å². The first-order valence-corrected chi connectivity index (χ1v) is 11.7. The first-order chi connectivity index (χ1) is 14.6. The molecule has 1 N–H and O–H groups in total. The second kappa shape index (κ2) is 9.83. The van der Waals surface area contributed by atoms with E-state index in [1.54, 1.807) is 36.4 Å². The van der Waals surface area contributed by atoms with Crippen molar-refractivity contribution >= 4 is 44.8 Å². The molecule has 0 radical (unpaired) electrons. The maximum absolute atomic E-state index is 13.3. The highest BCUT2D eigenvalue weighted by Crippen LogP contribution is 2.26. The van der Waals surface area contributed by atoms with Gasteiger partial charge in [-0.1, -0.05) is 70.7 Å². The number of amides is 1. The number of anilines is 1. The van der Waals surface area contributed by atoms with E-state index in [1.165, 1.54) is 6.07 Å². The average Bonchev–Trinajstić information content (AvgIpc) is 2.70. The Balaban J connectivity index is 1.89. The van der Waals surface area contributed by atoms with Crippen molar-refractivity contribution < 1.29 is 13.2 Å². The van der Waals surface area contributed by atoms with Gasteiger partial charge in [0.1, 0.15) is 0 Å². The SMILES string of the molecule is Cc1ccc(S(=O)(=O)N(CC(=O)Nc2ccc(Cl)cc2Cl)Cc2cccc(C)c2)cc1. The Kier molecular flexibility index (Phi) is 7.38. The molecule has 31 heavy (non-hydrogen) atoms. The largest absolute Gasteiger partial charge is 0.324 e. The van der Waals surface area contributed by atoms with E-state index in [0.29, 0.717) is 10.7 Å². The van der Waals surface area contributed by atoms with Crippen molar-refractivity contribution in [3.05, 3.63) is 93.5 Å². The Labute approximate surface area is 192 Å². The first-order valence-electron chi connectivity index (χ1n) is 9.52. The molecule has 0 heterocycles. The van der Waals surface area contributed by atoms with E-state index >= 15 is 0 Å². The lowest BCUT2D eigenvalue weighted by atomic mass is 10.1. The number of rotatable bonds is 7. The van der Waals surface area contributed by atoms with Gasteiger partial charge in [-0.15, -0.1) is 0 Å². The van der Waals surface area contributed by atoms with Crippen LogP contribution in [0.4, 0.5) is 5.69 Å². The van der Waals surface area contributed by atoms with Crippen LogP contribution in [0.3, 0.4) is 0 Å². The lowest BCUT2D eigenvalue weighted by molar-refractivity contribution is -0.116. The van der Waals surface area contributed by atoms with E-state index < -0.39 is 15.9 Å². The molecule has 0 bridgehead atoms. The van der Waals surface area contributed by atoms with Crippen LogP contribution in [-0.2, 0) is 21.4 Å². The molecule has 0 spiro atoms. The summed E-state index contributed by atoms with van der Waals surface area (Å²) in [5.41, 5.74) is 3.09. The lowest BCUT2D eigenvalue weighted by Crippen LogP contribution is -2.37. The van der Waals surface area contributed by atoms with E-state index in [9.17, 15) is 13.2 Å². The van der Waals surface area contributed by atoms with Gasteiger partial charge in [-0.05, 0) is 49.7 Å². The number of benzene rings is 3. The van der Waals surface area contributed by atoms with Gasteiger partial charge in [-0.25, -0.2) is 8.42 Å². The summed E-state index contributed by atoms with van der Waals surface area (Å²) in [6, 6.07) is 18.7. The molecular weight excluding hydrogens is 455 g/mol. The highest BCUT2D eigenvalue weighted by atomic mass is 35.5. The standard InChI is InChI=1S/C23H22Cl2N2O3S/c1-16-6-9-20(10-7-16)31(29,30)27(14-18-5-3-4-17(2)12-18)15-23(28)26-22-11-8-19(24)13-21(22)25/h3-13H,14-15H2,1-2H3,(H,26,28). The predicted molar refractivity (Wildman–Crippen MR) is 125 cm³/mol. The van der Waals surface area contributed by atoms with Crippen LogP contribution in [-0.4, -0.2) is 25.2 Å². The summed E-state index contributed by atoms with van der Waals surface area (Å²) in [4.78, 5) is 12.9. The zero-order valence-corrected chi connectivity index (χ0v) is 19.4. The maximum Gasteiger partial charge on any atom is 0.243 e. The van der Waals surface area contributed by atoms with Crippen molar-refractivity contribution in [2.24, 2.45) is 0 Å². The Bertz CT molecular complexity index is 1200. The molecular formula is C23H22Cl2N2O3S. The third-order valence-corrected chi connectivity index (χ3v) is 6.98. The molecule has 162 valence electrons. The average molecular weight is 477 g/mol. The molecule has 3 aromatic rings. The summed E-state index contributed by atoms with van der Waals surface area (Å²) >= 11 is 12.0. The molecule has 8 heteroatoms. The molecule has 0 aliphatic rings. The van der Waals surface area contributed by atoms with Gasteiger partial charge in [0.15, 0.2) is 0 Å². The van der Waals surface area contributed by atoms with Gasteiger partial charge in [0, 0.05) is 11.6 Å². The van der Waals surface area contributed by atoms with Crippen LogP contribution in [0, 0.1) is 13.8 Å². The van der Waals surface area contributed by atoms with Crippen molar-refractivity contribution in [2.75, 3.05) is 11.9 Å². The molecule has 0 saturated heterocycles. The molecule has 5 nitrogen and oxygen atoms in total. The smallest absolute Gasteiger partial charge is 0.243 e. The van der Waals surface area contributed by atoms with Crippen molar-refractivity contribution in [3.8, 4) is 0 Å². The Morgan fingerprint density at radius 1 is 0.935 bits per heavy atom.